The van der Waals surface area contributed by atoms with Gasteiger partial charge in [-0.05, 0) is 36.6 Å². The molecule has 3 rings (SSSR count). The van der Waals surface area contributed by atoms with Gasteiger partial charge in [0.15, 0.2) is 0 Å². The molecule has 1 aromatic carbocycles. The molecule has 164 valence electrons. The number of carbonyl (C=O) groups excluding carboxylic acids is 3. The molecule has 1 aliphatic carbocycles. The SMILES string of the molecule is COc1ccc(C(=O)NCC(=O)N2CCN(C(=O)CCC3CCCCC3)CC2)cc1. The molecule has 1 N–H and O–H groups in total. The summed E-state index contributed by atoms with van der Waals surface area (Å²) < 4.78 is 5.08. The Bertz CT molecular complexity index is 720. The molecule has 30 heavy (non-hydrogen) atoms. The largest absolute Gasteiger partial charge is 0.497 e. The normalized spacial score (nSPS) is 17.5. The monoisotopic (exact) mass is 415 g/mol. The molecule has 7 nitrogen and oxygen atoms in total. The quantitative estimate of drug-likeness (QED) is 0.742. The van der Waals surface area contributed by atoms with Crippen molar-refractivity contribution in [1.29, 1.82) is 0 Å². The second-order valence-electron chi connectivity index (χ2n) is 8.22. The van der Waals surface area contributed by atoms with Crippen LogP contribution in [0, 0.1) is 5.92 Å². The van der Waals surface area contributed by atoms with Crippen molar-refractivity contribution in [3.8, 4) is 5.75 Å². The molecule has 1 aliphatic heterocycles. The van der Waals surface area contributed by atoms with Gasteiger partial charge in [-0.25, -0.2) is 0 Å². The zero-order valence-corrected chi connectivity index (χ0v) is 17.9. The minimum absolute atomic E-state index is 0.0412. The molecule has 0 atom stereocenters. The van der Waals surface area contributed by atoms with Crippen LogP contribution in [-0.2, 0) is 9.59 Å². The van der Waals surface area contributed by atoms with Gasteiger partial charge >= 0.3 is 0 Å². The fourth-order valence-corrected chi connectivity index (χ4v) is 4.28. The molecule has 2 fully saturated rings. The highest BCUT2D eigenvalue weighted by atomic mass is 16.5. The molecule has 1 saturated heterocycles. The van der Waals surface area contributed by atoms with E-state index in [1.165, 1.54) is 32.1 Å². The molecule has 1 aromatic rings. The molecule has 0 radical (unpaired) electrons. The predicted octanol–water partition coefficient (Wildman–Crippen LogP) is 2.46. The summed E-state index contributed by atoms with van der Waals surface area (Å²) in [6, 6.07) is 6.75. The molecule has 1 saturated carbocycles. The van der Waals surface area contributed by atoms with E-state index in [9.17, 15) is 14.4 Å². The van der Waals surface area contributed by atoms with Crippen LogP contribution in [0.2, 0.25) is 0 Å². The Morgan fingerprint density at radius 3 is 2.13 bits per heavy atom. The molecule has 0 unspecified atom stereocenters. The Kier molecular flexibility index (Phi) is 8.11. The fourth-order valence-electron chi connectivity index (χ4n) is 4.28. The van der Waals surface area contributed by atoms with Crippen LogP contribution in [0.5, 0.6) is 5.75 Å². The van der Waals surface area contributed by atoms with Gasteiger partial charge in [0, 0.05) is 38.2 Å². The number of methoxy groups -OCH3 is 1. The molecule has 7 heteroatoms. The first kappa shape index (κ1) is 22.1. The van der Waals surface area contributed by atoms with E-state index in [4.69, 9.17) is 4.74 Å². The maximum Gasteiger partial charge on any atom is 0.251 e. The van der Waals surface area contributed by atoms with Crippen LogP contribution >= 0.6 is 0 Å². The summed E-state index contributed by atoms with van der Waals surface area (Å²) in [5.41, 5.74) is 0.483. The van der Waals surface area contributed by atoms with E-state index in [0.717, 1.165) is 6.42 Å². The highest BCUT2D eigenvalue weighted by molar-refractivity contribution is 5.96. The van der Waals surface area contributed by atoms with Crippen molar-refractivity contribution in [3.63, 3.8) is 0 Å². The molecular weight excluding hydrogens is 382 g/mol. The lowest BCUT2D eigenvalue weighted by Gasteiger charge is -2.35. The Labute approximate surface area is 178 Å². The minimum Gasteiger partial charge on any atom is -0.497 e. The standard InChI is InChI=1S/C23H33N3O4/c1-30-20-10-8-19(9-11-20)23(29)24-17-22(28)26-15-13-25(14-16-26)21(27)12-7-18-5-3-2-4-6-18/h8-11,18H,2-7,12-17H2,1H3,(H,24,29). The molecular formula is C23H33N3O4. The third kappa shape index (κ3) is 6.21. The second kappa shape index (κ2) is 11.0. The number of benzene rings is 1. The summed E-state index contributed by atoms with van der Waals surface area (Å²) >= 11 is 0. The van der Waals surface area contributed by atoms with Crippen molar-refractivity contribution in [2.24, 2.45) is 5.92 Å². The van der Waals surface area contributed by atoms with Gasteiger partial charge in [-0.3, -0.25) is 14.4 Å². The van der Waals surface area contributed by atoms with Crippen LogP contribution in [0.1, 0.15) is 55.3 Å². The summed E-state index contributed by atoms with van der Waals surface area (Å²) in [7, 11) is 1.57. The Balaban J connectivity index is 1.35. The average molecular weight is 416 g/mol. The summed E-state index contributed by atoms with van der Waals surface area (Å²) in [6.07, 6.45) is 8.08. The van der Waals surface area contributed by atoms with Crippen LogP contribution in [-0.4, -0.2) is 67.4 Å². The lowest BCUT2D eigenvalue weighted by Crippen LogP contribution is -2.52. The van der Waals surface area contributed by atoms with Crippen LogP contribution in [0.15, 0.2) is 24.3 Å². The smallest absolute Gasteiger partial charge is 0.251 e. The topological polar surface area (TPSA) is 79.0 Å². The van der Waals surface area contributed by atoms with E-state index >= 15 is 0 Å². The Morgan fingerprint density at radius 2 is 1.53 bits per heavy atom. The maximum atomic E-state index is 12.5. The Hall–Kier alpha value is -2.57. The van der Waals surface area contributed by atoms with Crippen molar-refractivity contribution < 1.29 is 19.1 Å². The van der Waals surface area contributed by atoms with Gasteiger partial charge in [0.1, 0.15) is 5.75 Å². The molecule has 0 bridgehead atoms. The van der Waals surface area contributed by atoms with E-state index in [0.29, 0.717) is 49.8 Å². The Morgan fingerprint density at radius 1 is 0.933 bits per heavy atom. The first-order valence-electron chi connectivity index (χ1n) is 11.0. The van der Waals surface area contributed by atoms with Gasteiger partial charge in [0.2, 0.25) is 11.8 Å². The summed E-state index contributed by atoms with van der Waals surface area (Å²) in [5, 5.41) is 2.67. The van der Waals surface area contributed by atoms with Gasteiger partial charge in [-0.15, -0.1) is 0 Å². The second-order valence-corrected chi connectivity index (χ2v) is 8.22. The fraction of sp³-hybridized carbons (Fsp3) is 0.609. The highest BCUT2D eigenvalue weighted by Gasteiger charge is 2.25. The number of amides is 3. The van der Waals surface area contributed by atoms with E-state index in [-0.39, 0.29) is 24.3 Å². The molecule has 0 aromatic heterocycles. The number of rotatable bonds is 7. The minimum atomic E-state index is -0.289. The summed E-state index contributed by atoms with van der Waals surface area (Å²) in [6.45, 7) is 2.14. The number of nitrogens with zero attached hydrogens (tertiary/aromatic N) is 2. The predicted molar refractivity (Wildman–Crippen MR) is 114 cm³/mol. The van der Waals surface area contributed by atoms with Gasteiger partial charge < -0.3 is 19.9 Å². The van der Waals surface area contributed by atoms with Gasteiger partial charge in [0.25, 0.3) is 5.91 Å². The van der Waals surface area contributed by atoms with E-state index in [1.807, 2.05) is 4.90 Å². The van der Waals surface area contributed by atoms with Crippen molar-refractivity contribution in [3.05, 3.63) is 29.8 Å². The van der Waals surface area contributed by atoms with Crippen molar-refractivity contribution >= 4 is 17.7 Å². The van der Waals surface area contributed by atoms with Crippen molar-refractivity contribution in [2.75, 3.05) is 39.8 Å². The summed E-state index contributed by atoms with van der Waals surface area (Å²) in [4.78, 5) is 40.7. The van der Waals surface area contributed by atoms with Gasteiger partial charge in [-0.1, -0.05) is 32.1 Å². The third-order valence-corrected chi connectivity index (χ3v) is 6.23. The van der Waals surface area contributed by atoms with Gasteiger partial charge in [-0.2, -0.15) is 0 Å². The number of piperazine rings is 1. The number of nitrogens with one attached hydrogen (secondary N) is 1. The lowest BCUT2D eigenvalue weighted by atomic mass is 9.86. The van der Waals surface area contributed by atoms with Crippen molar-refractivity contribution in [1.82, 2.24) is 15.1 Å². The van der Waals surface area contributed by atoms with Crippen LogP contribution in [0.4, 0.5) is 0 Å². The molecule has 2 aliphatic rings. The number of hydrogen-bond donors (Lipinski definition) is 1. The van der Waals surface area contributed by atoms with Crippen LogP contribution < -0.4 is 10.1 Å². The first-order valence-corrected chi connectivity index (χ1v) is 11.0. The van der Waals surface area contributed by atoms with E-state index in [1.54, 1.807) is 36.3 Å². The molecule has 3 amide bonds. The average Bonchev–Trinajstić information content (AvgIpc) is 2.81. The molecule has 1 heterocycles. The number of carbonyl (C=O) groups is 3. The van der Waals surface area contributed by atoms with Crippen LogP contribution in [0.25, 0.3) is 0 Å². The third-order valence-electron chi connectivity index (χ3n) is 6.23. The molecule has 0 spiro atoms. The van der Waals surface area contributed by atoms with Gasteiger partial charge in [0.05, 0.1) is 13.7 Å². The number of ether oxygens (including phenoxy) is 1. The maximum absolute atomic E-state index is 12.5. The summed E-state index contributed by atoms with van der Waals surface area (Å²) in [5.74, 6) is 1.18. The van der Waals surface area contributed by atoms with Crippen LogP contribution in [0.3, 0.4) is 0 Å². The van der Waals surface area contributed by atoms with E-state index in [2.05, 4.69) is 5.32 Å². The number of hydrogen-bond acceptors (Lipinski definition) is 4. The van der Waals surface area contributed by atoms with Crippen molar-refractivity contribution in [2.45, 2.75) is 44.9 Å². The first-order chi connectivity index (χ1) is 14.6. The zero-order chi connectivity index (χ0) is 21.3. The highest BCUT2D eigenvalue weighted by Crippen LogP contribution is 2.27. The zero-order valence-electron chi connectivity index (χ0n) is 17.9. The van der Waals surface area contributed by atoms with E-state index < -0.39 is 0 Å². The lowest BCUT2D eigenvalue weighted by molar-refractivity contribution is -0.139.